The first kappa shape index (κ1) is 16.7. The molecule has 1 aliphatic heterocycles. The summed E-state index contributed by atoms with van der Waals surface area (Å²) in [6, 6.07) is 0.100. The molecule has 0 saturated carbocycles. The Morgan fingerprint density at radius 3 is 2.55 bits per heavy atom. The lowest BCUT2D eigenvalue weighted by atomic mass is 10.0. The van der Waals surface area contributed by atoms with Crippen molar-refractivity contribution in [2.45, 2.75) is 38.3 Å². The summed E-state index contributed by atoms with van der Waals surface area (Å²) in [5.74, 6) is -0.0584. The first-order valence-electron chi connectivity index (χ1n) is 7.04. The zero-order valence-corrected chi connectivity index (χ0v) is 12.3. The summed E-state index contributed by atoms with van der Waals surface area (Å²) in [4.78, 5) is 25.0. The van der Waals surface area contributed by atoms with E-state index in [2.05, 4.69) is 5.32 Å². The fourth-order valence-electron chi connectivity index (χ4n) is 2.18. The van der Waals surface area contributed by atoms with Crippen LogP contribution in [0.5, 0.6) is 0 Å². The van der Waals surface area contributed by atoms with Gasteiger partial charge in [-0.15, -0.1) is 0 Å². The molecule has 0 radical (unpaired) electrons. The van der Waals surface area contributed by atoms with E-state index >= 15 is 0 Å². The van der Waals surface area contributed by atoms with Crippen molar-refractivity contribution in [3.8, 4) is 0 Å². The molecule has 116 valence electrons. The summed E-state index contributed by atoms with van der Waals surface area (Å²) in [7, 11) is 1.54. The van der Waals surface area contributed by atoms with Gasteiger partial charge in [-0.3, -0.25) is 4.79 Å². The molecular weight excluding hydrogens is 262 g/mol. The van der Waals surface area contributed by atoms with Crippen molar-refractivity contribution in [1.29, 1.82) is 0 Å². The minimum absolute atomic E-state index is 0.0584. The second kappa shape index (κ2) is 8.76. The smallest absolute Gasteiger partial charge is 0.409 e. The van der Waals surface area contributed by atoms with Gasteiger partial charge in [0.2, 0.25) is 5.91 Å². The second-order valence-corrected chi connectivity index (χ2v) is 4.83. The Bertz CT molecular complexity index is 313. The highest BCUT2D eigenvalue weighted by molar-refractivity contribution is 5.76. The normalized spacial score (nSPS) is 17.6. The molecule has 0 aliphatic carbocycles. The highest BCUT2D eigenvalue weighted by Gasteiger charge is 2.25. The van der Waals surface area contributed by atoms with Crippen molar-refractivity contribution in [2.24, 2.45) is 5.73 Å². The van der Waals surface area contributed by atoms with Crippen LogP contribution in [0.2, 0.25) is 0 Å². The molecule has 1 unspecified atom stereocenters. The van der Waals surface area contributed by atoms with Crippen LogP contribution in [0.25, 0.3) is 0 Å². The fourth-order valence-corrected chi connectivity index (χ4v) is 2.18. The number of hydrogen-bond acceptors (Lipinski definition) is 5. The predicted molar refractivity (Wildman–Crippen MR) is 74.2 cm³/mol. The number of carbonyl (C=O) groups excluding carboxylic acids is 2. The maximum Gasteiger partial charge on any atom is 0.409 e. The molecule has 1 rings (SSSR count). The molecule has 7 heteroatoms. The van der Waals surface area contributed by atoms with Gasteiger partial charge in [0, 0.05) is 32.8 Å². The number of rotatable bonds is 6. The van der Waals surface area contributed by atoms with Gasteiger partial charge in [0.25, 0.3) is 0 Å². The quantitative estimate of drug-likeness (QED) is 0.722. The Kier molecular flexibility index (Phi) is 7.32. The first-order valence-corrected chi connectivity index (χ1v) is 7.04. The van der Waals surface area contributed by atoms with Crippen molar-refractivity contribution in [3.63, 3.8) is 0 Å². The second-order valence-electron chi connectivity index (χ2n) is 4.83. The number of methoxy groups -OCH3 is 1. The number of likely N-dealkylation sites (tertiary alicyclic amines) is 1. The Hall–Kier alpha value is -1.34. The van der Waals surface area contributed by atoms with Crippen molar-refractivity contribution in [2.75, 3.05) is 33.4 Å². The fraction of sp³-hybridized carbons (Fsp3) is 0.846. The molecule has 1 heterocycles. The van der Waals surface area contributed by atoms with Gasteiger partial charge in [0.05, 0.1) is 19.1 Å². The highest BCUT2D eigenvalue weighted by atomic mass is 16.6. The number of piperidine rings is 1. The van der Waals surface area contributed by atoms with Crippen molar-refractivity contribution in [1.82, 2.24) is 10.2 Å². The molecule has 7 nitrogen and oxygen atoms in total. The third kappa shape index (κ3) is 5.34. The number of nitrogens with zero attached hydrogens (tertiary/aromatic N) is 1. The van der Waals surface area contributed by atoms with Gasteiger partial charge < -0.3 is 25.4 Å². The number of nitrogens with one attached hydrogen (secondary N) is 1. The van der Waals surface area contributed by atoms with E-state index in [0.29, 0.717) is 26.2 Å². The van der Waals surface area contributed by atoms with Crippen molar-refractivity contribution >= 4 is 12.0 Å². The van der Waals surface area contributed by atoms with Crippen molar-refractivity contribution in [3.05, 3.63) is 0 Å². The molecule has 1 atom stereocenters. The summed E-state index contributed by atoms with van der Waals surface area (Å²) in [6.45, 7) is 3.70. The highest BCUT2D eigenvalue weighted by Crippen LogP contribution is 2.12. The molecule has 2 amide bonds. The third-order valence-corrected chi connectivity index (χ3v) is 3.40. The van der Waals surface area contributed by atoms with Crippen LogP contribution in [-0.4, -0.2) is 62.4 Å². The lowest BCUT2D eigenvalue weighted by molar-refractivity contribution is -0.124. The number of carbonyl (C=O) groups is 2. The molecule has 0 spiro atoms. The van der Waals surface area contributed by atoms with E-state index in [1.165, 1.54) is 0 Å². The van der Waals surface area contributed by atoms with Crippen LogP contribution in [0, 0.1) is 0 Å². The summed E-state index contributed by atoms with van der Waals surface area (Å²) in [5.41, 5.74) is 5.48. The molecule has 0 aromatic carbocycles. The van der Waals surface area contributed by atoms with Crippen LogP contribution in [0.15, 0.2) is 0 Å². The zero-order chi connectivity index (χ0) is 15.0. The average molecular weight is 287 g/mol. The van der Waals surface area contributed by atoms with E-state index in [0.717, 1.165) is 12.8 Å². The predicted octanol–water partition coefficient (Wildman–Crippen LogP) is 0.0873. The number of ether oxygens (including phenoxy) is 2. The van der Waals surface area contributed by atoms with Crippen molar-refractivity contribution < 1.29 is 19.1 Å². The minimum atomic E-state index is -0.278. The van der Waals surface area contributed by atoms with E-state index in [1.54, 1.807) is 18.9 Å². The molecular formula is C13H25N3O4. The lowest BCUT2D eigenvalue weighted by Crippen LogP contribution is -2.47. The van der Waals surface area contributed by atoms with E-state index in [-0.39, 0.29) is 30.6 Å². The number of hydrogen-bond donors (Lipinski definition) is 2. The van der Waals surface area contributed by atoms with E-state index in [9.17, 15) is 9.59 Å². The maximum atomic E-state index is 11.8. The molecule has 1 fully saturated rings. The van der Waals surface area contributed by atoms with Gasteiger partial charge in [-0.25, -0.2) is 4.79 Å². The Morgan fingerprint density at radius 1 is 1.40 bits per heavy atom. The summed E-state index contributed by atoms with van der Waals surface area (Å²) in [6.07, 6.45) is 1.23. The maximum absolute atomic E-state index is 11.8. The number of nitrogens with two attached hydrogens (primary N) is 1. The Balaban J connectivity index is 2.28. The molecule has 0 aromatic heterocycles. The molecule has 0 aromatic rings. The largest absolute Gasteiger partial charge is 0.450 e. The molecule has 1 saturated heterocycles. The van der Waals surface area contributed by atoms with E-state index < -0.39 is 0 Å². The summed E-state index contributed by atoms with van der Waals surface area (Å²) in [5, 5.41) is 2.96. The molecule has 0 bridgehead atoms. The third-order valence-electron chi connectivity index (χ3n) is 3.40. The Labute approximate surface area is 119 Å². The topological polar surface area (TPSA) is 93.9 Å². The van der Waals surface area contributed by atoms with Crippen LogP contribution < -0.4 is 11.1 Å². The lowest BCUT2D eigenvalue weighted by Gasteiger charge is -2.31. The molecule has 1 aliphatic rings. The van der Waals surface area contributed by atoms with Gasteiger partial charge in [0.1, 0.15) is 0 Å². The first-order chi connectivity index (χ1) is 9.60. The standard InChI is InChI=1S/C13H25N3O4/c1-3-20-13(18)16-6-4-10(5-7-16)15-12(17)8-11(9-14)19-2/h10-11H,3-9,14H2,1-2H3,(H,15,17). The average Bonchev–Trinajstić information content (AvgIpc) is 2.45. The SMILES string of the molecule is CCOC(=O)N1CCC(NC(=O)CC(CN)OC)CC1. The summed E-state index contributed by atoms with van der Waals surface area (Å²) < 4.78 is 10.0. The van der Waals surface area contributed by atoms with Crippen LogP contribution in [0.4, 0.5) is 4.79 Å². The van der Waals surface area contributed by atoms with Crippen LogP contribution in [-0.2, 0) is 14.3 Å². The monoisotopic (exact) mass is 287 g/mol. The van der Waals surface area contributed by atoms with Gasteiger partial charge in [-0.2, -0.15) is 0 Å². The van der Waals surface area contributed by atoms with Gasteiger partial charge >= 0.3 is 6.09 Å². The molecule has 20 heavy (non-hydrogen) atoms. The van der Waals surface area contributed by atoms with Crippen LogP contribution >= 0.6 is 0 Å². The zero-order valence-electron chi connectivity index (χ0n) is 12.3. The van der Waals surface area contributed by atoms with Gasteiger partial charge in [-0.05, 0) is 19.8 Å². The van der Waals surface area contributed by atoms with E-state index in [1.807, 2.05) is 0 Å². The van der Waals surface area contributed by atoms with Gasteiger partial charge in [0.15, 0.2) is 0 Å². The van der Waals surface area contributed by atoms with E-state index in [4.69, 9.17) is 15.2 Å². The summed E-state index contributed by atoms with van der Waals surface area (Å²) >= 11 is 0. The van der Waals surface area contributed by atoms with Crippen LogP contribution in [0.3, 0.4) is 0 Å². The minimum Gasteiger partial charge on any atom is -0.450 e. The van der Waals surface area contributed by atoms with Gasteiger partial charge in [-0.1, -0.05) is 0 Å². The number of amides is 2. The molecule has 3 N–H and O–H groups in total. The van der Waals surface area contributed by atoms with Crippen LogP contribution in [0.1, 0.15) is 26.2 Å². The Morgan fingerprint density at radius 2 is 2.05 bits per heavy atom.